The molecule has 2 heteroatoms. The second-order valence-corrected chi connectivity index (χ2v) is 3.93. The Morgan fingerprint density at radius 2 is 2.33 bits per heavy atom. The number of rotatable bonds is 3. The highest BCUT2D eigenvalue weighted by atomic mass is 15.2. The van der Waals surface area contributed by atoms with E-state index in [0.717, 1.165) is 18.6 Å². The molecule has 1 heterocycles. The first-order valence-corrected chi connectivity index (χ1v) is 5.22. The highest BCUT2D eigenvalue weighted by molar-refractivity contribution is 4.79. The summed E-state index contributed by atoms with van der Waals surface area (Å²) in [6.07, 6.45) is 2.64. The molecule has 0 aromatic carbocycles. The van der Waals surface area contributed by atoms with Gasteiger partial charge in [0.15, 0.2) is 0 Å². The van der Waals surface area contributed by atoms with Gasteiger partial charge in [-0.1, -0.05) is 13.3 Å². The minimum absolute atomic E-state index is 0.722. The van der Waals surface area contributed by atoms with Crippen molar-refractivity contribution < 1.29 is 0 Å². The Morgan fingerprint density at radius 1 is 1.58 bits per heavy atom. The predicted molar refractivity (Wildman–Crippen MR) is 53.4 cm³/mol. The maximum Gasteiger partial charge on any atom is 0.0195 e. The molecule has 12 heavy (non-hydrogen) atoms. The van der Waals surface area contributed by atoms with Crippen LogP contribution in [0.1, 0.15) is 33.6 Å². The molecular weight excluding hydrogens is 148 g/mol. The fourth-order valence-corrected chi connectivity index (χ4v) is 2.10. The molecule has 0 amide bonds. The molecule has 1 rings (SSSR count). The molecule has 2 atom stereocenters. The molecule has 0 aromatic rings. The molecule has 72 valence electrons. The fraction of sp³-hybridized carbons (Fsp3) is 1.00. The van der Waals surface area contributed by atoms with Crippen LogP contribution in [0.4, 0.5) is 0 Å². The Bertz CT molecular complexity index is 125. The first-order chi connectivity index (χ1) is 5.75. The highest BCUT2D eigenvalue weighted by Crippen LogP contribution is 2.11. The van der Waals surface area contributed by atoms with E-state index in [2.05, 4.69) is 31.0 Å². The standard InChI is InChI=1S/C10H22N2/c1-4-5-9(2)12-7-6-11-8-10(12)3/h9-11H,4-8H2,1-3H3/t9-,10-/m1/s1. The molecule has 0 aliphatic carbocycles. The topological polar surface area (TPSA) is 15.3 Å². The Kier molecular flexibility index (Phi) is 4.02. The zero-order valence-corrected chi connectivity index (χ0v) is 8.64. The van der Waals surface area contributed by atoms with E-state index in [-0.39, 0.29) is 0 Å². The van der Waals surface area contributed by atoms with Gasteiger partial charge in [0.25, 0.3) is 0 Å². The largest absolute Gasteiger partial charge is 0.314 e. The number of nitrogens with one attached hydrogen (secondary N) is 1. The summed E-state index contributed by atoms with van der Waals surface area (Å²) in [5.74, 6) is 0. The third-order valence-electron chi connectivity index (χ3n) is 2.83. The molecule has 2 nitrogen and oxygen atoms in total. The normalized spacial score (nSPS) is 28.8. The Balaban J connectivity index is 2.36. The Morgan fingerprint density at radius 3 is 2.92 bits per heavy atom. The maximum atomic E-state index is 3.42. The molecule has 0 radical (unpaired) electrons. The van der Waals surface area contributed by atoms with E-state index < -0.39 is 0 Å². The van der Waals surface area contributed by atoms with Crippen molar-refractivity contribution in [1.82, 2.24) is 10.2 Å². The zero-order valence-electron chi connectivity index (χ0n) is 8.64. The van der Waals surface area contributed by atoms with Crippen LogP contribution in [0.2, 0.25) is 0 Å². The molecule has 0 bridgehead atoms. The van der Waals surface area contributed by atoms with Crippen LogP contribution in [0, 0.1) is 0 Å². The van der Waals surface area contributed by atoms with Crippen LogP contribution in [0.25, 0.3) is 0 Å². The first kappa shape index (κ1) is 10.0. The van der Waals surface area contributed by atoms with Crippen LogP contribution >= 0.6 is 0 Å². The van der Waals surface area contributed by atoms with E-state index in [0.29, 0.717) is 0 Å². The number of nitrogens with zero attached hydrogens (tertiary/aromatic N) is 1. The van der Waals surface area contributed by atoms with Crippen molar-refractivity contribution in [1.29, 1.82) is 0 Å². The van der Waals surface area contributed by atoms with Crippen molar-refractivity contribution in [3.8, 4) is 0 Å². The minimum Gasteiger partial charge on any atom is -0.314 e. The number of piperazine rings is 1. The van der Waals surface area contributed by atoms with Gasteiger partial charge in [-0.2, -0.15) is 0 Å². The molecule has 1 fully saturated rings. The highest BCUT2D eigenvalue weighted by Gasteiger charge is 2.21. The molecule has 0 spiro atoms. The SMILES string of the molecule is CCC[C@@H](C)N1CCNC[C@H]1C. The summed E-state index contributed by atoms with van der Waals surface area (Å²) in [6, 6.07) is 1.49. The van der Waals surface area contributed by atoms with E-state index in [1.54, 1.807) is 0 Å². The zero-order chi connectivity index (χ0) is 8.97. The van der Waals surface area contributed by atoms with Gasteiger partial charge in [0, 0.05) is 31.7 Å². The van der Waals surface area contributed by atoms with E-state index >= 15 is 0 Å². The van der Waals surface area contributed by atoms with Crippen molar-refractivity contribution in [2.24, 2.45) is 0 Å². The third-order valence-corrected chi connectivity index (χ3v) is 2.83. The van der Waals surface area contributed by atoms with Gasteiger partial charge in [-0.3, -0.25) is 4.90 Å². The summed E-state index contributed by atoms with van der Waals surface area (Å²) in [7, 11) is 0. The molecule has 1 saturated heterocycles. The van der Waals surface area contributed by atoms with Crippen LogP contribution in [0.15, 0.2) is 0 Å². The van der Waals surface area contributed by atoms with Gasteiger partial charge in [-0.15, -0.1) is 0 Å². The average molecular weight is 170 g/mol. The molecule has 1 aliphatic rings. The third kappa shape index (κ3) is 2.46. The van der Waals surface area contributed by atoms with E-state index in [9.17, 15) is 0 Å². The summed E-state index contributed by atoms with van der Waals surface area (Å²) in [6.45, 7) is 10.5. The van der Waals surface area contributed by atoms with E-state index in [1.807, 2.05) is 0 Å². The van der Waals surface area contributed by atoms with Crippen LogP contribution in [0.3, 0.4) is 0 Å². The van der Waals surface area contributed by atoms with Gasteiger partial charge in [-0.05, 0) is 20.3 Å². The fourth-order valence-electron chi connectivity index (χ4n) is 2.10. The van der Waals surface area contributed by atoms with Crippen molar-refractivity contribution in [2.45, 2.75) is 45.7 Å². The Labute approximate surface area is 76.3 Å². The lowest BCUT2D eigenvalue weighted by atomic mass is 10.1. The van der Waals surface area contributed by atoms with Crippen LogP contribution in [-0.2, 0) is 0 Å². The minimum atomic E-state index is 0.722. The molecule has 0 saturated carbocycles. The summed E-state index contributed by atoms with van der Waals surface area (Å²) < 4.78 is 0. The maximum absolute atomic E-state index is 3.42. The smallest absolute Gasteiger partial charge is 0.0195 e. The molecule has 1 aliphatic heterocycles. The van der Waals surface area contributed by atoms with Gasteiger partial charge >= 0.3 is 0 Å². The number of hydrogen-bond acceptors (Lipinski definition) is 2. The second-order valence-electron chi connectivity index (χ2n) is 3.93. The van der Waals surface area contributed by atoms with Gasteiger partial charge in [0.05, 0.1) is 0 Å². The first-order valence-electron chi connectivity index (χ1n) is 5.22. The second kappa shape index (κ2) is 4.83. The monoisotopic (exact) mass is 170 g/mol. The van der Waals surface area contributed by atoms with E-state index in [1.165, 1.54) is 25.9 Å². The van der Waals surface area contributed by atoms with E-state index in [4.69, 9.17) is 0 Å². The molecule has 0 unspecified atom stereocenters. The van der Waals surface area contributed by atoms with Crippen LogP contribution in [-0.4, -0.2) is 36.6 Å². The van der Waals surface area contributed by atoms with Crippen LogP contribution in [0.5, 0.6) is 0 Å². The average Bonchev–Trinajstić information content (AvgIpc) is 2.05. The quantitative estimate of drug-likeness (QED) is 0.690. The Hall–Kier alpha value is -0.0800. The van der Waals surface area contributed by atoms with Gasteiger partial charge in [-0.25, -0.2) is 0 Å². The molecule has 1 N–H and O–H groups in total. The molecular formula is C10H22N2. The predicted octanol–water partition coefficient (Wildman–Crippen LogP) is 1.47. The summed E-state index contributed by atoms with van der Waals surface area (Å²) in [5.41, 5.74) is 0. The van der Waals surface area contributed by atoms with Gasteiger partial charge in [0.2, 0.25) is 0 Å². The lowest BCUT2D eigenvalue weighted by molar-refractivity contribution is 0.120. The van der Waals surface area contributed by atoms with Crippen molar-refractivity contribution >= 4 is 0 Å². The molecule has 0 aromatic heterocycles. The summed E-state index contributed by atoms with van der Waals surface area (Å²) >= 11 is 0. The van der Waals surface area contributed by atoms with Gasteiger partial charge < -0.3 is 5.32 Å². The van der Waals surface area contributed by atoms with Crippen molar-refractivity contribution in [2.75, 3.05) is 19.6 Å². The summed E-state index contributed by atoms with van der Waals surface area (Å²) in [5, 5.41) is 3.42. The lowest BCUT2D eigenvalue weighted by Gasteiger charge is -2.38. The van der Waals surface area contributed by atoms with Crippen molar-refractivity contribution in [3.63, 3.8) is 0 Å². The number of hydrogen-bond donors (Lipinski definition) is 1. The van der Waals surface area contributed by atoms with Crippen molar-refractivity contribution in [3.05, 3.63) is 0 Å². The summed E-state index contributed by atoms with van der Waals surface area (Å²) in [4.78, 5) is 2.62. The lowest BCUT2D eigenvalue weighted by Crippen LogP contribution is -2.53. The van der Waals surface area contributed by atoms with Gasteiger partial charge in [0.1, 0.15) is 0 Å². The van der Waals surface area contributed by atoms with Crippen LogP contribution < -0.4 is 5.32 Å².